The summed E-state index contributed by atoms with van der Waals surface area (Å²) in [5.41, 5.74) is 0.424. The van der Waals surface area contributed by atoms with E-state index in [4.69, 9.17) is 16.3 Å². The lowest BCUT2D eigenvalue weighted by atomic mass is 9.86. The molecule has 2 amide bonds. The smallest absolute Gasteiger partial charge is 0.236 e. The van der Waals surface area contributed by atoms with Crippen molar-refractivity contribution < 1.29 is 19.4 Å². The summed E-state index contributed by atoms with van der Waals surface area (Å²) in [6.45, 7) is 0.419. The van der Waals surface area contributed by atoms with Gasteiger partial charge in [0.1, 0.15) is 0 Å². The van der Waals surface area contributed by atoms with Crippen LogP contribution in [0.5, 0.6) is 0 Å². The largest absolute Gasteiger partial charge is 0.389 e. The monoisotopic (exact) mass is 369 g/mol. The Labute approximate surface area is 150 Å². The van der Waals surface area contributed by atoms with Gasteiger partial charge in [0.25, 0.3) is 0 Å². The van der Waals surface area contributed by atoms with Crippen LogP contribution in [0.4, 0.5) is 0 Å². The second-order valence-electron chi connectivity index (χ2n) is 6.36. The standard InChI is InChI=1S/C17H20ClNO4S/c18-13-3-1-12(2-4-13)9-23-10-14(20)8-19-15(21)7-17(16(19)22)5-6-24-11-17/h1-4,14,20H,5-11H2/t14-,17-/m1/s1. The number of hydrogen-bond donors (Lipinski definition) is 1. The van der Waals surface area contributed by atoms with Gasteiger partial charge in [-0.1, -0.05) is 23.7 Å². The number of carbonyl (C=O) groups excluding carboxylic acids is 2. The fourth-order valence-electron chi connectivity index (χ4n) is 3.12. The first-order valence-corrected chi connectivity index (χ1v) is 9.46. The van der Waals surface area contributed by atoms with Crippen LogP contribution in [0.15, 0.2) is 24.3 Å². The van der Waals surface area contributed by atoms with E-state index in [1.807, 2.05) is 12.1 Å². The van der Waals surface area contributed by atoms with Crippen LogP contribution in [-0.4, -0.2) is 52.6 Å². The van der Waals surface area contributed by atoms with E-state index >= 15 is 0 Å². The Kier molecular flexibility index (Phi) is 5.49. The Morgan fingerprint density at radius 1 is 1.33 bits per heavy atom. The minimum atomic E-state index is -0.880. The average molecular weight is 370 g/mol. The molecule has 2 atom stereocenters. The maximum absolute atomic E-state index is 12.5. The van der Waals surface area contributed by atoms with Crippen molar-refractivity contribution in [1.29, 1.82) is 0 Å². The van der Waals surface area contributed by atoms with Crippen molar-refractivity contribution in [2.24, 2.45) is 5.41 Å². The summed E-state index contributed by atoms with van der Waals surface area (Å²) in [7, 11) is 0. The van der Waals surface area contributed by atoms with Crippen molar-refractivity contribution >= 4 is 35.2 Å². The van der Waals surface area contributed by atoms with Crippen molar-refractivity contribution in [3.63, 3.8) is 0 Å². The highest BCUT2D eigenvalue weighted by molar-refractivity contribution is 7.99. The molecular formula is C17H20ClNO4S. The van der Waals surface area contributed by atoms with Crippen molar-refractivity contribution in [3.05, 3.63) is 34.9 Å². The number of hydrogen-bond acceptors (Lipinski definition) is 5. The third-order valence-electron chi connectivity index (χ3n) is 4.48. The summed E-state index contributed by atoms with van der Waals surface area (Å²) in [6, 6.07) is 7.25. The summed E-state index contributed by atoms with van der Waals surface area (Å²) in [4.78, 5) is 25.9. The summed E-state index contributed by atoms with van der Waals surface area (Å²) in [6.07, 6.45) is 0.147. The van der Waals surface area contributed by atoms with Gasteiger partial charge in [0.15, 0.2) is 0 Å². The van der Waals surface area contributed by atoms with Gasteiger partial charge < -0.3 is 9.84 Å². The lowest BCUT2D eigenvalue weighted by Crippen LogP contribution is -2.41. The van der Waals surface area contributed by atoms with E-state index in [2.05, 4.69) is 0 Å². The summed E-state index contributed by atoms with van der Waals surface area (Å²) < 4.78 is 5.47. The lowest BCUT2D eigenvalue weighted by Gasteiger charge is -2.22. The minimum absolute atomic E-state index is 0.00466. The number of β-amino-alcohol motifs (C(OH)–C–C–N with tert-alkyl or cyclic N) is 1. The lowest BCUT2D eigenvalue weighted by molar-refractivity contribution is -0.143. The van der Waals surface area contributed by atoms with Crippen molar-refractivity contribution in [3.8, 4) is 0 Å². The summed E-state index contributed by atoms with van der Waals surface area (Å²) >= 11 is 7.53. The van der Waals surface area contributed by atoms with Crippen LogP contribution in [0.2, 0.25) is 5.02 Å². The number of amides is 2. The van der Waals surface area contributed by atoms with E-state index in [9.17, 15) is 14.7 Å². The normalized spacial score (nSPS) is 25.0. The molecule has 3 rings (SSSR count). The molecule has 1 aromatic carbocycles. The number of imide groups is 1. The average Bonchev–Trinajstić information content (AvgIpc) is 3.11. The SMILES string of the molecule is O=C1C[C@@]2(CCSC2)C(=O)N1C[C@@H](O)COCc1ccc(Cl)cc1. The van der Waals surface area contributed by atoms with E-state index in [-0.39, 0.29) is 31.4 Å². The number of halogens is 1. The Bertz CT molecular complexity index is 616. The highest BCUT2D eigenvalue weighted by atomic mass is 35.5. The Balaban J connectivity index is 1.48. The molecule has 2 aliphatic heterocycles. The molecular weight excluding hydrogens is 350 g/mol. The predicted molar refractivity (Wildman–Crippen MR) is 92.8 cm³/mol. The first-order chi connectivity index (χ1) is 11.5. The summed E-state index contributed by atoms with van der Waals surface area (Å²) in [5.74, 6) is 1.31. The molecule has 24 heavy (non-hydrogen) atoms. The number of carbonyl (C=O) groups is 2. The van der Waals surface area contributed by atoms with Gasteiger partial charge in [0.2, 0.25) is 11.8 Å². The van der Waals surface area contributed by atoms with Gasteiger partial charge >= 0.3 is 0 Å². The molecule has 2 heterocycles. The topological polar surface area (TPSA) is 66.8 Å². The van der Waals surface area contributed by atoms with Crippen LogP contribution in [0.25, 0.3) is 0 Å². The van der Waals surface area contributed by atoms with Gasteiger partial charge in [-0.05, 0) is 29.9 Å². The van der Waals surface area contributed by atoms with E-state index < -0.39 is 11.5 Å². The molecule has 0 aromatic heterocycles. The molecule has 7 heteroatoms. The molecule has 0 radical (unpaired) electrons. The van der Waals surface area contributed by atoms with Gasteiger partial charge in [-0.2, -0.15) is 11.8 Å². The number of thioether (sulfide) groups is 1. The zero-order chi connectivity index (χ0) is 17.2. The van der Waals surface area contributed by atoms with Gasteiger partial charge in [-0.15, -0.1) is 0 Å². The van der Waals surface area contributed by atoms with E-state index in [0.717, 1.165) is 17.7 Å². The second kappa shape index (κ2) is 7.44. The Morgan fingerprint density at radius 2 is 2.08 bits per heavy atom. The van der Waals surface area contributed by atoms with Gasteiger partial charge in [0.05, 0.1) is 31.3 Å². The molecule has 1 N–H and O–H groups in total. The molecule has 130 valence electrons. The fourth-order valence-corrected chi connectivity index (χ4v) is 4.68. The third-order valence-corrected chi connectivity index (χ3v) is 5.98. The highest BCUT2D eigenvalue weighted by Gasteiger charge is 2.53. The molecule has 1 spiro atoms. The Hall–Kier alpha value is -1.08. The molecule has 0 bridgehead atoms. The number of rotatable bonds is 6. The van der Waals surface area contributed by atoms with E-state index in [0.29, 0.717) is 17.4 Å². The molecule has 0 saturated carbocycles. The maximum atomic E-state index is 12.5. The van der Waals surface area contributed by atoms with Crippen molar-refractivity contribution in [1.82, 2.24) is 4.90 Å². The predicted octanol–water partition coefficient (Wildman–Crippen LogP) is 2.10. The molecule has 0 unspecified atom stereocenters. The van der Waals surface area contributed by atoms with Crippen LogP contribution in [0, 0.1) is 5.41 Å². The van der Waals surface area contributed by atoms with Crippen LogP contribution < -0.4 is 0 Å². The second-order valence-corrected chi connectivity index (χ2v) is 7.91. The molecule has 2 fully saturated rings. The van der Waals surface area contributed by atoms with Crippen LogP contribution in [-0.2, 0) is 20.9 Å². The van der Waals surface area contributed by atoms with Gasteiger partial charge in [-0.3, -0.25) is 14.5 Å². The molecule has 2 saturated heterocycles. The van der Waals surface area contributed by atoms with Gasteiger partial charge in [-0.25, -0.2) is 0 Å². The van der Waals surface area contributed by atoms with E-state index in [1.165, 1.54) is 4.90 Å². The third kappa shape index (κ3) is 3.77. The van der Waals surface area contributed by atoms with E-state index in [1.54, 1.807) is 23.9 Å². The van der Waals surface area contributed by atoms with Crippen LogP contribution >= 0.6 is 23.4 Å². The maximum Gasteiger partial charge on any atom is 0.236 e. The minimum Gasteiger partial charge on any atom is -0.389 e. The van der Waals surface area contributed by atoms with Crippen LogP contribution in [0.1, 0.15) is 18.4 Å². The number of aliphatic hydroxyl groups is 1. The number of ether oxygens (including phenoxy) is 1. The van der Waals surface area contributed by atoms with Crippen molar-refractivity contribution in [2.75, 3.05) is 24.7 Å². The van der Waals surface area contributed by atoms with Crippen LogP contribution in [0.3, 0.4) is 0 Å². The van der Waals surface area contributed by atoms with Gasteiger partial charge in [0, 0.05) is 17.2 Å². The molecule has 0 aliphatic carbocycles. The molecule has 5 nitrogen and oxygen atoms in total. The quantitative estimate of drug-likeness (QED) is 0.778. The number of likely N-dealkylation sites (tertiary alicyclic amines) is 1. The molecule has 2 aliphatic rings. The number of nitrogens with zero attached hydrogens (tertiary/aromatic N) is 1. The summed E-state index contributed by atoms with van der Waals surface area (Å²) in [5, 5.41) is 10.8. The Morgan fingerprint density at radius 3 is 2.75 bits per heavy atom. The van der Waals surface area contributed by atoms with Crippen molar-refractivity contribution in [2.45, 2.75) is 25.6 Å². The zero-order valence-corrected chi connectivity index (χ0v) is 14.8. The zero-order valence-electron chi connectivity index (χ0n) is 13.2. The first-order valence-electron chi connectivity index (χ1n) is 7.93. The molecule has 1 aromatic rings. The number of aliphatic hydroxyl groups excluding tert-OH is 1. The number of benzene rings is 1. The highest BCUT2D eigenvalue weighted by Crippen LogP contribution is 2.44. The first kappa shape index (κ1) is 17.7. The fraction of sp³-hybridized carbons (Fsp3) is 0.529.